The minimum absolute atomic E-state index is 0.0333. The number of nitrogens with zero attached hydrogens (tertiary/aromatic N) is 3. The smallest absolute Gasteiger partial charge is 0.350 e. The highest BCUT2D eigenvalue weighted by Gasteiger charge is 2.33. The van der Waals surface area contributed by atoms with E-state index in [-0.39, 0.29) is 12.0 Å². The normalized spacial score (nSPS) is 18.5. The van der Waals surface area contributed by atoms with Crippen LogP contribution in [-0.2, 0) is 12.7 Å². The van der Waals surface area contributed by atoms with Crippen LogP contribution in [0.25, 0.3) is 0 Å². The molecule has 134 valence electrons. The van der Waals surface area contributed by atoms with Crippen LogP contribution >= 0.6 is 11.8 Å². The van der Waals surface area contributed by atoms with Gasteiger partial charge in [0.05, 0.1) is 0 Å². The summed E-state index contributed by atoms with van der Waals surface area (Å²) in [7, 11) is 0. The van der Waals surface area contributed by atoms with Gasteiger partial charge in [-0.25, -0.2) is 9.97 Å². The summed E-state index contributed by atoms with van der Waals surface area (Å²) < 4.78 is 38.1. The molecule has 4 nitrogen and oxygen atoms in total. The van der Waals surface area contributed by atoms with Crippen LogP contribution in [0.4, 0.5) is 19.1 Å². The lowest BCUT2D eigenvalue weighted by Gasteiger charge is -2.17. The maximum atomic E-state index is 12.7. The number of nitrogens with one attached hydrogen (secondary N) is 1. The van der Waals surface area contributed by atoms with Crippen LogP contribution < -0.4 is 5.32 Å². The molecule has 1 N–H and O–H groups in total. The van der Waals surface area contributed by atoms with Gasteiger partial charge in [0.15, 0.2) is 0 Å². The third kappa shape index (κ3) is 4.85. The van der Waals surface area contributed by atoms with Gasteiger partial charge < -0.3 is 5.32 Å². The fraction of sp³-hybridized carbons (Fsp3) is 0.412. The molecule has 1 aliphatic heterocycles. The first-order valence-electron chi connectivity index (χ1n) is 7.96. The van der Waals surface area contributed by atoms with Crippen LogP contribution in [0.2, 0.25) is 0 Å². The summed E-state index contributed by atoms with van der Waals surface area (Å²) in [4.78, 5) is 11.0. The van der Waals surface area contributed by atoms with Gasteiger partial charge >= 0.3 is 6.18 Å². The highest BCUT2D eigenvalue weighted by Crippen LogP contribution is 2.28. The number of halogens is 3. The van der Waals surface area contributed by atoms with Crippen LogP contribution in [0.1, 0.15) is 17.7 Å². The first-order valence-corrected chi connectivity index (χ1v) is 9.18. The van der Waals surface area contributed by atoms with E-state index in [1.54, 1.807) is 11.8 Å². The zero-order chi connectivity index (χ0) is 17.9. The van der Waals surface area contributed by atoms with E-state index in [9.17, 15) is 13.2 Å². The molecule has 0 amide bonds. The van der Waals surface area contributed by atoms with Crippen molar-refractivity contribution in [2.45, 2.75) is 30.1 Å². The average molecular weight is 368 g/mol. The first-order chi connectivity index (χ1) is 11.9. The maximum absolute atomic E-state index is 12.7. The van der Waals surface area contributed by atoms with Crippen molar-refractivity contribution >= 4 is 17.7 Å². The zero-order valence-electron chi connectivity index (χ0n) is 13.8. The molecule has 1 fully saturated rings. The fourth-order valence-electron chi connectivity index (χ4n) is 2.85. The highest BCUT2D eigenvalue weighted by atomic mass is 32.2. The summed E-state index contributed by atoms with van der Waals surface area (Å²) in [5.74, 6) is 0.0333. The summed E-state index contributed by atoms with van der Waals surface area (Å²) in [5.41, 5.74) is 0.308. The summed E-state index contributed by atoms with van der Waals surface area (Å²) in [6, 6.07) is 9.36. The summed E-state index contributed by atoms with van der Waals surface area (Å²) in [5, 5.41) is 3.02. The number of alkyl halides is 3. The molecule has 1 saturated heterocycles. The highest BCUT2D eigenvalue weighted by molar-refractivity contribution is 7.98. The second-order valence-corrected chi connectivity index (χ2v) is 6.86. The number of aromatic nitrogens is 2. The minimum atomic E-state index is -4.45. The summed E-state index contributed by atoms with van der Waals surface area (Å²) >= 11 is 1.71. The molecule has 8 heteroatoms. The monoisotopic (exact) mass is 368 g/mol. The molecule has 0 radical (unpaired) electrons. The van der Waals surface area contributed by atoms with Crippen molar-refractivity contribution in [2.75, 3.05) is 24.7 Å². The fourth-order valence-corrected chi connectivity index (χ4v) is 3.26. The lowest BCUT2D eigenvalue weighted by molar-refractivity contribution is -0.141. The number of hydrogen-bond acceptors (Lipinski definition) is 5. The largest absolute Gasteiger partial charge is 0.433 e. The number of rotatable bonds is 5. The van der Waals surface area contributed by atoms with Gasteiger partial charge in [-0.3, -0.25) is 4.90 Å². The Bertz CT molecular complexity index is 706. The molecule has 0 bridgehead atoms. The molecule has 1 aromatic heterocycles. The van der Waals surface area contributed by atoms with Gasteiger partial charge in [0, 0.05) is 36.8 Å². The predicted octanol–water partition coefficient (Wildman–Crippen LogP) is 3.90. The Balaban J connectivity index is 1.56. The van der Waals surface area contributed by atoms with E-state index in [0.29, 0.717) is 0 Å². The molecule has 1 aromatic carbocycles. The van der Waals surface area contributed by atoms with Crippen LogP contribution in [0.15, 0.2) is 41.4 Å². The van der Waals surface area contributed by atoms with E-state index in [1.165, 1.54) is 10.5 Å². The molecule has 1 aliphatic rings. The van der Waals surface area contributed by atoms with Gasteiger partial charge in [-0.2, -0.15) is 13.2 Å². The summed E-state index contributed by atoms with van der Waals surface area (Å²) in [6.07, 6.45) is -0.424. The topological polar surface area (TPSA) is 41.0 Å². The quantitative estimate of drug-likeness (QED) is 0.811. The van der Waals surface area contributed by atoms with E-state index >= 15 is 0 Å². The predicted molar refractivity (Wildman–Crippen MR) is 92.6 cm³/mol. The Kier molecular flexibility index (Phi) is 5.48. The average Bonchev–Trinajstić information content (AvgIpc) is 3.02. The van der Waals surface area contributed by atoms with Crippen LogP contribution in [-0.4, -0.2) is 40.3 Å². The molecule has 2 aromatic rings. The molecule has 2 heterocycles. The Morgan fingerprint density at radius 1 is 1.24 bits per heavy atom. The van der Waals surface area contributed by atoms with Gasteiger partial charge in [0.2, 0.25) is 5.95 Å². The first kappa shape index (κ1) is 18.0. The molecule has 0 saturated carbocycles. The molecule has 1 atom stereocenters. The van der Waals surface area contributed by atoms with Crippen molar-refractivity contribution in [3.8, 4) is 0 Å². The van der Waals surface area contributed by atoms with Crippen LogP contribution in [0.3, 0.4) is 0 Å². The van der Waals surface area contributed by atoms with E-state index < -0.39 is 11.9 Å². The third-order valence-corrected chi connectivity index (χ3v) is 4.86. The Labute approximate surface area is 148 Å². The van der Waals surface area contributed by atoms with Crippen LogP contribution in [0.5, 0.6) is 0 Å². The van der Waals surface area contributed by atoms with E-state index in [0.717, 1.165) is 38.3 Å². The Morgan fingerprint density at radius 2 is 2.00 bits per heavy atom. The second-order valence-electron chi connectivity index (χ2n) is 5.98. The number of benzene rings is 1. The van der Waals surface area contributed by atoms with Crippen molar-refractivity contribution in [2.24, 2.45) is 0 Å². The standard InChI is InChI=1S/C17H19F3N4S/c1-25-14-4-2-12(3-5-14)10-24-9-7-13(11-24)22-16-21-8-6-15(23-16)17(18,19)20/h2-6,8,13H,7,9-11H2,1H3,(H,21,22,23). The van der Waals surface area contributed by atoms with Gasteiger partial charge in [0.25, 0.3) is 0 Å². The van der Waals surface area contributed by atoms with Crippen molar-refractivity contribution in [3.63, 3.8) is 0 Å². The SMILES string of the molecule is CSc1ccc(CN2CCC(Nc3nccc(C(F)(F)F)n3)C2)cc1. The molecule has 3 rings (SSSR count). The Morgan fingerprint density at radius 3 is 2.68 bits per heavy atom. The lowest BCUT2D eigenvalue weighted by Crippen LogP contribution is -2.27. The molecule has 0 spiro atoms. The van der Waals surface area contributed by atoms with Crippen LogP contribution in [0, 0.1) is 0 Å². The van der Waals surface area contributed by atoms with Crippen molar-refractivity contribution in [1.29, 1.82) is 0 Å². The second kappa shape index (κ2) is 7.61. The molecular formula is C17H19F3N4S. The van der Waals surface area contributed by atoms with Crippen molar-refractivity contribution in [1.82, 2.24) is 14.9 Å². The minimum Gasteiger partial charge on any atom is -0.350 e. The van der Waals surface area contributed by atoms with Gasteiger partial charge in [-0.1, -0.05) is 12.1 Å². The maximum Gasteiger partial charge on any atom is 0.433 e. The van der Waals surface area contributed by atoms with Crippen molar-refractivity contribution in [3.05, 3.63) is 47.8 Å². The Hall–Kier alpha value is -1.80. The lowest BCUT2D eigenvalue weighted by atomic mass is 10.2. The summed E-state index contributed by atoms with van der Waals surface area (Å²) in [6.45, 7) is 2.47. The van der Waals surface area contributed by atoms with Gasteiger partial charge in [-0.05, 0) is 36.4 Å². The molecule has 25 heavy (non-hydrogen) atoms. The third-order valence-electron chi connectivity index (χ3n) is 4.12. The number of thioether (sulfide) groups is 1. The van der Waals surface area contributed by atoms with Gasteiger partial charge in [0.1, 0.15) is 5.69 Å². The van der Waals surface area contributed by atoms with E-state index in [1.807, 2.05) is 6.26 Å². The van der Waals surface area contributed by atoms with E-state index in [4.69, 9.17) is 0 Å². The number of likely N-dealkylation sites (tertiary alicyclic amines) is 1. The molecular weight excluding hydrogens is 349 g/mol. The zero-order valence-corrected chi connectivity index (χ0v) is 14.6. The number of anilines is 1. The number of hydrogen-bond donors (Lipinski definition) is 1. The molecule has 0 aliphatic carbocycles. The van der Waals surface area contributed by atoms with Crippen molar-refractivity contribution < 1.29 is 13.2 Å². The molecule has 1 unspecified atom stereocenters. The van der Waals surface area contributed by atoms with Gasteiger partial charge in [-0.15, -0.1) is 11.8 Å². The van der Waals surface area contributed by atoms with E-state index in [2.05, 4.69) is 44.5 Å².